The molecule has 0 saturated heterocycles. The zero-order valence-corrected chi connectivity index (χ0v) is 11.7. The Bertz CT molecular complexity index is 490. The fourth-order valence-electron chi connectivity index (χ4n) is 3.63. The molecule has 4 atom stereocenters. The molecule has 1 fully saturated rings. The lowest BCUT2D eigenvalue weighted by Crippen LogP contribution is -2.47. The molecule has 0 amide bonds. The maximum absolute atomic E-state index is 13.4. The van der Waals surface area contributed by atoms with Gasteiger partial charge in [0.1, 0.15) is 17.2 Å². The zero-order valence-electron chi connectivity index (χ0n) is 11.7. The highest BCUT2D eigenvalue weighted by molar-refractivity contribution is 5.39. The Hall–Kier alpha value is -1.09. The first-order valence-electron chi connectivity index (χ1n) is 7.23. The fraction of sp³-hybridized carbons (Fsp3) is 0.625. The highest BCUT2D eigenvalue weighted by Crippen LogP contribution is 2.48. The molecule has 2 N–H and O–H groups in total. The minimum atomic E-state index is -0.250. The van der Waals surface area contributed by atoms with Crippen molar-refractivity contribution in [3.63, 3.8) is 0 Å². The predicted molar refractivity (Wildman–Crippen MR) is 73.5 cm³/mol. The molecule has 1 aromatic rings. The average Bonchev–Trinajstić information content (AvgIpc) is 2.34. The van der Waals surface area contributed by atoms with Crippen molar-refractivity contribution >= 4 is 0 Å². The van der Waals surface area contributed by atoms with E-state index in [9.17, 15) is 4.39 Å². The van der Waals surface area contributed by atoms with Crippen LogP contribution < -0.4 is 10.5 Å². The number of ether oxygens (including phenoxy) is 1. The SMILES string of the molecule is CC1CCC2(CC1C)C[C@H](N)c1ccc(F)cc1O2. The third-order valence-corrected chi connectivity index (χ3v) is 5.01. The van der Waals surface area contributed by atoms with Gasteiger partial charge in [-0.15, -0.1) is 0 Å². The maximum atomic E-state index is 13.4. The van der Waals surface area contributed by atoms with Gasteiger partial charge >= 0.3 is 0 Å². The minimum absolute atomic E-state index is 0.0371. The molecule has 104 valence electrons. The molecular weight excluding hydrogens is 241 g/mol. The van der Waals surface area contributed by atoms with E-state index in [2.05, 4.69) is 13.8 Å². The average molecular weight is 263 g/mol. The molecule has 0 radical (unpaired) electrons. The Morgan fingerprint density at radius 2 is 2.05 bits per heavy atom. The maximum Gasteiger partial charge on any atom is 0.127 e. The van der Waals surface area contributed by atoms with E-state index in [1.54, 1.807) is 6.07 Å². The summed E-state index contributed by atoms with van der Waals surface area (Å²) in [7, 11) is 0. The van der Waals surface area contributed by atoms with E-state index >= 15 is 0 Å². The van der Waals surface area contributed by atoms with Gasteiger partial charge in [-0.1, -0.05) is 19.9 Å². The Kier molecular flexibility index (Phi) is 3.05. The van der Waals surface area contributed by atoms with Gasteiger partial charge in [-0.05, 0) is 37.2 Å². The van der Waals surface area contributed by atoms with Gasteiger partial charge < -0.3 is 10.5 Å². The summed E-state index contributed by atoms with van der Waals surface area (Å²) in [5.74, 6) is 1.77. The third-order valence-electron chi connectivity index (χ3n) is 5.01. The molecule has 1 spiro atoms. The van der Waals surface area contributed by atoms with Crippen molar-refractivity contribution in [3.05, 3.63) is 29.6 Å². The van der Waals surface area contributed by atoms with Gasteiger partial charge in [-0.3, -0.25) is 0 Å². The number of fused-ring (bicyclic) bond motifs is 1. The van der Waals surface area contributed by atoms with Gasteiger partial charge in [0.05, 0.1) is 0 Å². The van der Waals surface area contributed by atoms with Crippen LogP contribution in [0.15, 0.2) is 18.2 Å². The lowest BCUT2D eigenvalue weighted by atomic mass is 9.69. The molecular formula is C16H22FNO. The standard InChI is InChI=1S/C16H22FNO/c1-10-5-6-16(8-11(10)2)9-14(18)13-4-3-12(17)7-15(13)19-16/h3-4,7,10-11,14H,5-6,8-9,18H2,1-2H3/t10?,11?,14-,16?/m0/s1. The second-order valence-corrected chi connectivity index (χ2v) is 6.48. The van der Waals surface area contributed by atoms with Crippen LogP contribution >= 0.6 is 0 Å². The number of hydrogen-bond donors (Lipinski definition) is 1. The Morgan fingerprint density at radius 3 is 2.79 bits per heavy atom. The summed E-state index contributed by atoms with van der Waals surface area (Å²) in [5, 5.41) is 0. The van der Waals surface area contributed by atoms with Crippen LogP contribution in [-0.2, 0) is 0 Å². The zero-order chi connectivity index (χ0) is 13.6. The van der Waals surface area contributed by atoms with Crippen LogP contribution in [0.4, 0.5) is 4.39 Å². The normalized spacial score (nSPS) is 37.8. The topological polar surface area (TPSA) is 35.2 Å². The molecule has 2 aliphatic rings. The smallest absolute Gasteiger partial charge is 0.127 e. The van der Waals surface area contributed by atoms with Crippen LogP contribution in [0.2, 0.25) is 0 Å². The van der Waals surface area contributed by atoms with E-state index in [4.69, 9.17) is 10.5 Å². The van der Waals surface area contributed by atoms with Gasteiger partial charge in [0, 0.05) is 24.1 Å². The van der Waals surface area contributed by atoms with Crippen molar-refractivity contribution in [2.75, 3.05) is 0 Å². The Labute approximate surface area is 114 Å². The lowest BCUT2D eigenvalue weighted by Gasteiger charge is -2.47. The highest BCUT2D eigenvalue weighted by atomic mass is 19.1. The number of halogens is 1. The quantitative estimate of drug-likeness (QED) is 0.772. The van der Waals surface area contributed by atoms with E-state index in [0.29, 0.717) is 11.7 Å². The predicted octanol–water partition coefficient (Wildman–Crippen LogP) is 3.80. The van der Waals surface area contributed by atoms with Crippen LogP contribution in [-0.4, -0.2) is 5.60 Å². The van der Waals surface area contributed by atoms with Gasteiger partial charge in [0.15, 0.2) is 0 Å². The van der Waals surface area contributed by atoms with E-state index in [1.165, 1.54) is 18.6 Å². The van der Waals surface area contributed by atoms with Crippen molar-refractivity contribution in [2.24, 2.45) is 17.6 Å². The molecule has 3 rings (SSSR count). The summed E-state index contributed by atoms with van der Waals surface area (Å²) in [6.45, 7) is 4.58. The summed E-state index contributed by atoms with van der Waals surface area (Å²) >= 11 is 0. The summed E-state index contributed by atoms with van der Waals surface area (Å²) in [6, 6.07) is 4.67. The molecule has 1 heterocycles. The summed E-state index contributed by atoms with van der Waals surface area (Å²) in [6.07, 6.45) is 4.07. The third kappa shape index (κ3) is 2.25. The van der Waals surface area contributed by atoms with Gasteiger partial charge in [-0.25, -0.2) is 4.39 Å². The summed E-state index contributed by atoms with van der Waals surface area (Å²) in [5.41, 5.74) is 7.05. The molecule has 2 nitrogen and oxygen atoms in total. The number of benzene rings is 1. The minimum Gasteiger partial charge on any atom is -0.487 e. The molecule has 3 unspecified atom stereocenters. The largest absolute Gasteiger partial charge is 0.487 e. The van der Waals surface area contributed by atoms with Crippen LogP contribution in [0.3, 0.4) is 0 Å². The molecule has 1 aliphatic carbocycles. The first kappa shape index (κ1) is 12.9. The van der Waals surface area contributed by atoms with Crippen molar-refractivity contribution in [2.45, 2.75) is 51.2 Å². The Balaban J connectivity index is 1.91. The summed E-state index contributed by atoms with van der Waals surface area (Å²) < 4.78 is 19.6. The van der Waals surface area contributed by atoms with E-state index < -0.39 is 0 Å². The molecule has 0 bridgehead atoms. The molecule has 0 aromatic heterocycles. The fourth-order valence-corrected chi connectivity index (χ4v) is 3.63. The first-order valence-corrected chi connectivity index (χ1v) is 7.23. The van der Waals surface area contributed by atoms with Crippen LogP contribution in [0, 0.1) is 17.7 Å². The number of nitrogens with two attached hydrogens (primary N) is 1. The molecule has 1 aromatic carbocycles. The number of hydrogen-bond acceptors (Lipinski definition) is 2. The monoisotopic (exact) mass is 263 g/mol. The number of rotatable bonds is 0. The van der Waals surface area contributed by atoms with Gasteiger partial charge in [0.25, 0.3) is 0 Å². The first-order chi connectivity index (χ1) is 8.99. The molecule has 1 saturated carbocycles. The molecule has 3 heteroatoms. The van der Waals surface area contributed by atoms with E-state index in [1.807, 2.05) is 0 Å². The van der Waals surface area contributed by atoms with E-state index in [-0.39, 0.29) is 17.5 Å². The van der Waals surface area contributed by atoms with Crippen molar-refractivity contribution < 1.29 is 9.13 Å². The van der Waals surface area contributed by atoms with Crippen molar-refractivity contribution in [1.82, 2.24) is 0 Å². The van der Waals surface area contributed by atoms with Crippen molar-refractivity contribution in [3.8, 4) is 5.75 Å². The van der Waals surface area contributed by atoms with Crippen molar-refractivity contribution in [1.29, 1.82) is 0 Å². The lowest BCUT2D eigenvalue weighted by molar-refractivity contribution is -0.0289. The highest BCUT2D eigenvalue weighted by Gasteiger charge is 2.44. The van der Waals surface area contributed by atoms with Crippen LogP contribution in [0.25, 0.3) is 0 Å². The summed E-state index contributed by atoms with van der Waals surface area (Å²) in [4.78, 5) is 0. The van der Waals surface area contributed by atoms with Crippen LogP contribution in [0.1, 0.15) is 51.1 Å². The second kappa shape index (κ2) is 4.48. The Morgan fingerprint density at radius 1 is 1.26 bits per heavy atom. The molecule has 1 aliphatic heterocycles. The van der Waals surface area contributed by atoms with E-state index in [0.717, 1.165) is 30.7 Å². The van der Waals surface area contributed by atoms with Gasteiger partial charge in [-0.2, -0.15) is 0 Å². The van der Waals surface area contributed by atoms with Crippen LogP contribution in [0.5, 0.6) is 5.75 Å². The van der Waals surface area contributed by atoms with Gasteiger partial charge in [0.2, 0.25) is 0 Å². The molecule has 19 heavy (non-hydrogen) atoms. The second-order valence-electron chi connectivity index (χ2n) is 6.48.